The Morgan fingerprint density at radius 1 is 0.944 bits per heavy atom. The highest BCUT2D eigenvalue weighted by Gasteiger charge is 1.96. The van der Waals surface area contributed by atoms with E-state index >= 15 is 0 Å². The van der Waals surface area contributed by atoms with E-state index in [0.29, 0.717) is 0 Å². The molecule has 0 heterocycles. The summed E-state index contributed by atoms with van der Waals surface area (Å²) in [5.74, 6) is 7.15. The molecule has 18 heavy (non-hydrogen) atoms. The topological polar surface area (TPSA) is 29.5 Å². The molecule has 0 bridgehead atoms. The van der Waals surface area contributed by atoms with Crippen molar-refractivity contribution in [3.8, 4) is 23.3 Å². The van der Waals surface area contributed by atoms with Crippen LogP contribution in [0.1, 0.15) is 12.5 Å². The first-order valence-corrected chi connectivity index (χ1v) is 5.76. The summed E-state index contributed by atoms with van der Waals surface area (Å²) in [6.07, 6.45) is -0.606. The van der Waals surface area contributed by atoms with E-state index in [2.05, 4.69) is 11.8 Å². The van der Waals surface area contributed by atoms with E-state index in [9.17, 15) is 0 Å². The maximum atomic E-state index is 9.06. The molecule has 0 fully saturated rings. The first kappa shape index (κ1) is 12.2. The van der Waals surface area contributed by atoms with Crippen molar-refractivity contribution in [3.63, 3.8) is 0 Å². The minimum absolute atomic E-state index is 0.606. The molecular weight excluding hydrogens is 224 g/mol. The largest absolute Gasteiger partial charge is 0.457 e. The Balaban J connectivity index is 2.07. The van der Waals surface area contributed by atoms with Crippen LogP contribution in [0.25, 0.3) is 0 Å². The van der Waals surface area contributed by atoms with Crippen LogP contribution in [0.4, 0.5) is 0 Å². The SMILES string of the molecule is CC(O)C#Cc1ccc(Oc2ccccc2)cc1. The second-order valence-electron chi connectivity index (χ2n) is 3.88. The summed E-state index contributed by atoms with van der Waals surface area (Å²) < 4.78 is 5.66. The fraction of sp³-hybridized carbons (Fsp3) is 0.125. The third kappa shape index (κ3) is 3.65. The van der Waals surface area contributed by atoms with Crippen molar-refractivity contribution in [3.05, 3.63) is 60.2 Å². The summed E-state index contributed by atoms with van der Waals surface area (Å²) in [4.78, 5) is 0. The Kier molecular flexibility index (Phi) is 4.01. The van der Waals surface area contributed by atoms with Crippen molar-refractivity contribution in [1.82, 2.24) is 0 Å². The summed E-state index contributed by atoms with van der Waals surface area (Å²) >= 11 is 0. The summed E-state index contributed by atoms with van der Waals surface area (Å²) in [5, 5.41) is 9.06. The van der Waals surface area contributed by atoms with Crippen LogP contribution in [0, 0.1) is 11.8 Å². The molecule has 90 valence electrons. The van der Waals surface area contributed by atoms with Crippen molar-refractivity contribution in [2.45, 2.75) is 13.0 Å². The maximum Gasteiger partial charge on any atom is 0.127 e. The van der Waals surface area contributed by atoms with Crippen molar-refractivity contribution < 1.29 is 9.84 Å². The van der Waals surface area contributed by atoms with E-state index in [1.807, 2.05) is 54.6 Å². The van der Waals surface area contributed by atoms with Gasteiger partial charge in [-0.3, -0.25) is 0 Å². The average molecular weight is 238 g/mol. The lowest BCUT2D eigenvalue weighted by atomic mass is 10.2. The molecule has 2 rings (SSSR count). The van der Waals surface area contributed by atoms with Gasteiger partial charge in [-0.1, -0.05) is 30.0 Å². The van der Waals surface area contributed by atoms with E-state index in [-0.39, 0.29) is 0 Å². The molecule has 0 aliphatic heterocycles. The molecule has 0 saturated carbocycles. The minimum atomic E-state index is -0.606. The number of para-hydroxylation sites is 1. The molecule has 2 aromatic rings. The molecule has 2 nitrogen and oxygen atoms in total. The maximum absolute atomic E-state index is 9.06. The van der Waals surface area contributed by atoms with Crippen molar-refractivity contribution in [2.75, 3.05) is 0 Å². The first-order chi connectivity index (χ1) is 8.74. The molecule has 0 aromatic heterocycles. The highest BCUT2D eigenvalue weighted by atomic mass is 16.5. The van der Waals surface area contributed by atoms with Gasteiger partial charge >= 0.3 is 0 Å². The zero-order valence-electron chi connectivity index (χ0n) is 10.1. The van der Waals surface area contributed by atoms with Crippen LogP contribution >= 0.6 is 0 Å². The zero-order valence-corrected chi connectivity index (χ0v) is 10.1. The number of benzene rings is 2. The van der Waals surface area contributed by atoms with Crippen LogP contribution in [0.2, 0.25) is 0 Å². The van der Waals surface area contributed by atoms with Gasteiger partial charge in [-0.25, -0.2) is 0 Å². The lowest BCUT2D eigenvalue weighted by molar-refractivity contribution is 0.253. The predicted molar refractivity (Wildman–Crippen MR) is 71.5 cm³/mol. The first-order valence-electron chi connectivity index (χ1n) is 5.76. The summed E-state index contributed by atoms with van der Waals surface area (Å²) in [6, 6.07) is 17.1. The average Bonchev–Trinajstić information content (AvgIpc) is 2.39. The van der Waals surface area contributed by atoms with Gasteiger partial charge < -0.3 is 9.84 Å². The molecule has 2 aromatic carbocycles. The molecule has 1 atom stereocenters. The molecule has 0 saturated heterocycles. The highest BCUT2D eigenvalue weighted by Crippen LogP contribution is 2.20. The molecular formula is C16H14O2. The van der Waals surface area contributed by atoms with Crippen molar-refractivity contribution >= 4 is 0 Å². The number of hydrogen-bond acceptors (Lipinski definition) is 2. The molecule has 0 aliphatic rings. The lowest BCUT2D eigenvalue weighted by Gasteiger charge is -2.04. The summed E-state index contributed by atoms with van der Waals surface area (Å²) in [7, 11) is 0. The normalized spacial score (nSPS) is 11.2. The highest BCUT2D eigenvalue weighted by molar-refractivity contribution is 5.40. The summed E-state index contributed by atoms with van der Waals surface area (Å²) in [6.45, 7) is 1.64. The van der Waals surface area contributed by atoms with Crippen LogP contribution in [0.5, 0.6) is 11.5 Å². The smallest absolute Gasteiger partial charge is 0.127 e. The molecule has 1 N–H and O–H groups in total. The molecule has 2 heteroatoms. The molecule has 1 unspecified atom stereocenters. The van der Waals surface area contributed by atoms with Gasteiger partial charge in [0.25, 0.3) is 0 Å². The van der Waals surface area contributed by atoms with Gasteiger partial charge in [0, 0.05) is 5.56 Å². The van der Waals surface area contributed by atoms with E-state index in [0.717, 1.165) is 17.1 Å². The molecule has 0 radical (unpaired) electrons. The number of aliphatic hydroxyl groups is 1. The second kappa shape index (κ2) is 5.90. The molecule has 0 amide bonds. The zero-order chi connectivity index (χ0) is 12.8. The van der Waals surface area contributed by atoms with Gasteiger partial charge in [-0.2, -0.15) is 0 Å². The van der Waals surface area contributed by atoms with Gasteiger partial charge in [-0.05, 0) is 43.3 Å². The van der Waals surface area contributed by atoms with Crippen molar-refractivity contribution in [1.29, 1.82) is 0 Å². The third-order valence-corrected chi connectivity index (χ3v) is 2.26. The van der Waals surface area contributed by atoms with E-state index in [1.54, 1.807) is 6.92 Å². The van der Waals surface area contributed by atoms with Gasteiger partial charge in [0.05, 0.1) is 0 Å². The van der Waals surface area contributed by atoms with Gasteiger partial charge in [0.1, 0.15) is 17.6 Å². The Labute approximate surface area is 107 Å². The van der Waals surface area contributed by atoms with E-state index in [4.69, 9.17) is 9.84 Å². The van der Waals surface area contributed by atoms with Crippen LogP contribution in [-0.4, -0.2) is 11.2 Å². The fourth-order valence-corrected chi connectivity index (χ4v) is 1.42. The Bertz CT molecular complexity index is 545. The molecule has 0 aliphatic carbocycles. The molecule has 0 spiro atoms. The third-order valence-electron chi connectivity index (χ3n) is 2.26. The van der Waals surface area contributed by atoms with E-state index < -0.39 is 6.10 Å². The van der Waals surface area contributed by atoms with Crippen molar-refractivity contribution in [2.24, 2.45) is 0 Å². The fourth-order valence-electron chi connectivity index (χ4n) is 1.42. The van der Waals surface area contributed by atoms with Gasteiger partial charge in [-0.15, -0.1) is 0 Å². The number of hydrogen-bond donors (Lipinski definition) is 1. The van der Waals surface area contributed by atoms with Crippen LogP contribution in [0.15, 0.2) is 54.6 Å². The van der Waals surface area contributed by atoms with Crippen LogP contribution in [-0.2, 0) is 0 Å². The standard InChI is InChI=1S/C16H14O2/c1-13(17)7-8-14-9-11-16(12-10-14)18-15-5-3-2-4-6-15/h2-6,9-13,17H,1H3. The summed E-state index contributed by atoms with van der Waals surface area (Å²) in [5.41, 5.74) is 0.858. The second-order valence-corrected chi connectivity index (χ2v) is 3.88. The number of aliphatic hydroxyl groups excluding tert-OH is 1. The minimum Gasteiger partial charge on any atom is -0.457 e. The number of rotatable bonds is 2. The van der Waals surface area contributed by atoms with Crippen LogP contribution < -0.4 is 4.74 Å². The van der Waals surface area contributed by atoms with E-state index in [1.165, 1.54) is 0 Å². The monoisotopic (exact) mass is 238 g/mol. The Morgan fingerprint density at radius 3 is 2.17 bits per heavy atom. The van der Waals surface area contributed by atoms with Crippen LogP contribution in [0.3, 0.4) is 0 Å². The van der Waals surface area contributed by atoms with Gasteiger partial charge in [0.15, 0.2) is 0 Å². The Morgan fingerprint density at radius 2 is 1.56 bits per heavy atom. The number of ether oxygens (including phenoxy) is 1. The van der Waals surface area contributed by atoms with Gasteiger partial charge in [0.2, 0.25) is 0 Å². The lowest BCUT2D eigenvalue weighted by Crippen LogP contribution is -1.92. The quantitative estimate of drug-likeness (QED) is 0.814. The predicted octanol–water partition coefficient (Wildman–Crippen LogP) is 3.21. The Hall–Kier alpha value is -2.24.